The van der Waals surface area contributed by atoms with Gasteiger partial charge in [0.25, 0.3) is 0 Å². The van der Waals surface area contributed by atoms with Gasteiger partial charge in [0.05, 0.1) is 24.5 Å². The summed E-state index contributed by atoms with van der Waals surface area (Å²) in [5.74, 6) is -0.533. The maximum Gasteiger partial charge on any atom is 0.326 e. The Morgan fingerprint density at radius 1 is 1.09 bits per heavy atom. The number of esters is 1. The minimum atomic E-state index is -0.397. The largest absolute Gasteiger partial charge is 0.464 e. The highest BCUT2D eigenvalue weighted by Crippen LogP contribution is 2.28. The van der Waals surface area contributed by atoms with E-state index in [-0.39, 0.29) is 19.0 Å². The van der Waals surface area contributed by atoms with E-state index in [1.165, 1.54) is 4.90 Å². The van der Waals surface area contributed by atoms with Crippen LogP contribution >= 0.6 is 0 Å². The van der Waals surface area contributed by atoms with Crippen LogP contribution in [0.25, 0.3) is 0 Å². The summed E-state index contributed by atoms with van der Waals surface area (Å²) in [5, 5.41) is 3.04. The molecule has 3 rings (SSSR count). The summed E-state index contributed by atoms with van der Waals surface area (Å²) in [4.78, 5) is 25.5. The topological polar surface area (TPSA) is 58.6 Å². The van der Waals surface area contributed by atoms with Gasteiger partial charge in [-0.15, -0.1) is 0 Å². The number of hydrogen-bond donors (Lipinski definition) is 1. The lowest BCUT2D eigenvalue weighted by Crippen LogP contribution is -2.43. The predicted molar refractivity (Wildman–Crippen MR) is 88.4 cm³/mol. The number of hydrogen-bond acceptors (Lipinski definition) is 4. The summed E-state index contributed by atoms with van der Waals surface area (Å²) in [7, 11) is 0. The predicted octanol–water partition coefficient (Wildman–Crippen LogP) is 2.23. The zero-order valence-corrected chi connectivity index (χ0v) is 12.7. The van der Waals surface area contributed by atoms with Gasteiger partial charge in [0.15, 0.2) is 0 Å². The Morgan fingerprint density at radius 3 is 2.65 bits per heavy atom. The number of carbonyl (C=O) groups is 2. The third kappa shape index (κ3) is 3.69. The normalized spacial score (nSPS) is 13.2. The van der Waals surface area contributed by atoms with E-state index >= 15 is 0 Å². The molecule has 0 bridgehead atoms. The van der Waals surface area contributed by atoms with Gasteiger partial charge in [-0.05, 0) is 17.7 Å². The fraction of sp³-hybridized carbons (Fsp3) is 0.222. The first-order valence-electron chi connectivity index (χ1n) is 7.57. The van der Waals surface area contributed by atoms with Crippen molar-refractivity contribution in [1.29, 1.82) is 0 Å². The Hall–Kier alpha value is -2.82. The van der Waals surface area contributed by atoms with Crippen molar-refractivity contribution >= 4 is 23.3 Å². The van der Waals surface area contributed by atoms with Gasteiger partial charge in [0.2, 0.25) is 5.91 Å². The molecule has 5 heteroatoms. The second kappa shape index (κ2) is 6.96. The van der Waals surface area contributed by atoms with E-state index in [1.807, 2.05) is 54.6 Å². The van der Waals surface area contributed by atoms with E-state index in [4.69, 9.17) is 4.74 Å². The number of rotatable bonds is 5. The first-order valence-corrected chi connectivity index (χ1v) is 7.57. The highest BCUT2D eigenvalue weighted by molar-refractivity contribution is 6.05. The molecule has 0 unspecified atom stereocenters. The van der Waals surface area contributed by atoms with Gasteiger partial charge in [0, 0.05) is 6.42 Å². The van der Waals surface area contributed by atoms with Crippen molar-refractivity contribution in [1.82, 2.24) is 0 Å². The van der Waals surface area contributed by atoms with Gasteiger partial charge in [0.1, 0.15) is 6.54 Å². The van der Waals surface area contributed by atoms with E-state index in [0.29, 0.717) is 18.7 Å². The van der Waals surface area contributed by atoms with Gasteiger partial charge in [-0.1, -0.05) is 42.5 Å². The lowest BCUT2D eigenvalue weighted by Gasteiger charge is -2.29. The molecule has 1 aliphatic rings. The van der Waals surface area contributed by atoms with Crippen LogP contribution in [0.4, 0.5) is 11.4 Å². The smallest absolute Gasteiger partial charge is 0.326 e. The van der Waals surface area contributed by atoms with Crippen molar-refractivity contribution in [2.45, 2.75) is 6.42 Å². The highest BCUT2D eigenvalue weighted by Gasteiger charge is 2.25. The van der Waals surface area contributed by atoms with Crippen molar-refractivity contribution in [3.63, 3.8) is 0 Å². The third-order valence-corrected chi connectivity index (χ3v) is 3.71. The first-order chi connectivity index (χ1) is 11.2. The molecule has 0 saturated carbocycles. The molecule has 2 aromatic rings. The molecule has 1 aliphatic heterocycles. The number of para-hydroxylation sites is 2. The van der Waals surface area contributed by atoms with Gasteiger partial charge >= 0.3 is 5.97 Å². The van der Waals surface area contributed by atoms with Crippen molar-refractivity contribution in [3.05, 3.63) is 60.2 Å². The summed E-state index contributed by atoms with van der Waals surface area (Å²) in [6, 6.07) is 17.3. The average molecular weight is 310 g/mol. The molecule has 23 heavy (non-hydrogen) atoms. The molecular weight excluding hydrogens is 292 g/mol. The van der Waals surface area contributed by atoms with E-state index in [1.54, 1.807) is 0 Å². The van der Waals surface area contributed by atoms with Crippen LogP contribution in [0, 0.1) is 0 Å². The number of benzene rings is 2. The standard InChI is InChI=1S/C18H18N2O3/c21-17-12-19-15-8-4-5-9-16(15)20(17)13-18(22)23-11-10-14-6-2-1-3-7-14/h1-9,19H,10-13H2. The second-order valence-corrected chi connectivity index (χ2v) is 5.31. The van der Waals surface area contributed by atoms with Crippen molar-refractivity contribution in [2.24, 2.45) is 0 Å². The molecule has 0 radical (unpaired) electrons. The average Bonchev–Trinajstić information content (AvgIpc) is 2.58. The van der Waals surface area contributed by atoms with E-state index in [0.717, 1.165) is 11.3 Å². The zero-order valence-electron chi connectivity index (χ0n) is 12.7. The van der Waals surface area contributed by atoms with Crippen molar-refractivity contribution in [3.8, 4) is 0 Å². The highest BCUT2D eigenvalue weighted by atomic mass is 16.5. The number of nitrogens with zero attached hydrogens (tertiary/aromatic N) is 1. The molecule has 0 atom stereocenters. The van der Waals surface area contributed by atoms with Gasteiger partial charge in [-0.3, -0.25) is 14.5 Å². The minimum Gasteiger partial charge on any atom is -0.464 e. The lowest BCUT2D eigenvalue weighted by atomic mass is 10.2. The molecule has 0 fully saturated rings. The zero-order chi connectivity index (χ0) is 16.1. The molecular formula is C18H18N2O3. The van der Waals surface area contributed by atoms with Crippen LogP contribution in [-0.4, -0.2) is 31.6 Å². The van der Waals surface area contributed by atoms with Crippen LogP contribution in [-0.2, 0) is 20.7 Å². The van der Waals surface area contributed by atoms with Crippen LogP contribution < -0.4 is 10.2 Å². The fourth-order valence-corrected chi connectivity index (χ4v) is 2.53. The van der Waals surface area contributed by atoms with Crippen LogP contribution in [0.1, 0.15) is 5.56 Å². The molecule has 0 aliphatic carbocycles. The van der Waals surface area contributed by atoms with Crippen LogP contribution in [0.15, 0.2) is 54.6 Å². The quantitative estimate of drug-likeness (QED) is 0.861. The number of anilines is 2. The number of fused-ring (bicyclic) bond motifs is 1. The lowest BCUT2D eigenvalue weighted by molar-refractivity contribution is -0.142. The Labute approximate surface area is 134 Å². The first kappa shape index (κ1) is 15.1. The van der Waals surface area contributed by atoms with E-state index < -0.39 is 5.97 Å². The molecule has 1 amide bonds. The summed E-state index contributed by atoms with van der Waals surface area (Å²) in [5.41, 5.74) is 2.68. The minimum absolute atomic E-state index is 0.0632. The molecule has 1 heterocycles. The number of nitrogens with one attached hydrogen (secondary N) is 1. The second-order valence-electron chi connectivity index (χ2n) is 5.31. The summed E-state index contributed by atoms with van der Waals surface area (Å²) in [6.45, 7) is 0.436. The number of ether oxygens (including phenoxy) is 1. The van der Waals surface area contributed by atoms with Gasteiger partial charge < -0.3 is 10.1 Å². The summed E-state index contributed by atoms with van der Waals surface area (Å²) < 4.78 is 5.26. The van der Waals surface area contributed by atoms with Crippen LogP contribution in [0.2, 0.25) is 0 Å². The molecule has 1 N–H and O–H groups in total. The fourth-order valence-electron chi connectivity index (χ4n) is 2.53. The molecule has 0 saturated heterocycles. The summed E-state index contributed by atoms with van der Waals surface area (Å²) in [6.07, 6.45) is 0.665. The Bertz CT molecular complexity index is 700. The number of amides is 1. The Morgan fingerprint density at radius 2 is 1.83 bits per heavy atom. The molecule has 2 aromatic carbocycles. The number of carbonyl (C=O) groups excluding carboxylic acids is 2. The summed E-state index contributed by atoms with van der Waals surface area (Å²) >= 11 is 0. The SMILES string of the molecule is O=C(CN1C(=O)CNc2ccccc21)OCCc1ccccc1. The molecule has 118 valence electrons. The maximum absolute atomic E-state index is 12.0. The Kier molecular flexibility index (Phi) is 4.57. The molecule has 0 spiro atoms. The Balaban J connectivity index is 1.56. The van der Waals surface area contributed by atoms with E-state index in [2.05, 4.69) is 5.32 Å². The molecule has 0 aromatic heterocycles. The monoisotopic (exact) mass is 310 g/mol. The van der Waals surface area contributed by atoms with Gasteiger partial charge in [-0.25, -0.2) is 0 Å². The van der Waals surface area contributed by atoms with Crippen LogP contribution in [0.5, 0.6) is 0 Å². The maximum atomic E-state index is 12.0. The van der Waals surface area contributed by atoms with Crippen molar-refractivity contribution < 1.29 is 14.3 Å². The van der Waals surface area contributed by atoms with E-state index in [9.17, 15) is 9.59 Å². The van der Waals surface area contributed by atoms with Crippen LogP contribution in [0.3, 0.4) is 0 Å². The molecule has 5 nitrogen and oxygen atoms in total. The van der Waals surface area contributed by atoms with Gasteiger partial charge in [-0.2, -0.15) is 0 Å². The van der Waals surface area contributed by atoms with Crippen molar-refractivity contribution in [2.75, 3.05) is 29.9 Å². The third-order valence-electron chi connectivity index (χ3n) is 3.71.